The van der Waals surface area contributed by atoms with Crippen molar-refractivity contribution in [1.82, 2.24) is 25.1 Å². The van der Waals surface area contributed by atoms with Crippen molar-refractivity contribution in [2.24, 2.45) is 0 Å². The highest BCUT2D eigenvalue weighted by Gasteiger charge is 2.25. The van der Waals surface area contributed by atoms with Crippen molar-refractivity contribution >= 4 is 0 Å². The fourth-order valence-electron chi connectivity index (χ4n) is 4.03. The van der Waals surface area contributed by atoms with Gasteiger partial charge in [-0.05, 0) is 37.2 Å². The highest BCUT2D eigenvalue weighted by molar-refractivity contribution is 5.86. The van der Waals surface area contributed by atoms with Crippen LogP contribution in [0.3, 0.4) is 0 Å². The van der Waals surface area contributed by atoms with E-state index in [1.54, 1.807) is 7.11 Å². The van der Waals surface area contributed by atoms with Gasteiger partial charge in [-0.25, -0.2) is 4.98 Å². The van der Waals surface area contributed by atoms with Crippen LogP contribution in [0.2, 0.25) is 0 Å². The molecule has 6 nitrogen and oxygen atoms in total. The first-order valence-electron chi connectivity index (χ1n) is 9.86. The largest absolute Gasteiger partial charge is 0.497 e. The molecule has 1 fully saturated rings. The number of aromatic amines is 1. The van der Waals surface area contributed by atoms with Gasteiger partial charge in [0.15, 0.2) is 0 Å². The van der Waals surface area contributed by atoms with E-state index in [9.17, 15) is 0 Å². The second kappa shape index (κ2) is 7.56. The Balaban J connectivity index is 1.67. The van der Waals surface area contributed by atoms with Gasteiger partial charge in [-0.1, -0.05) is 30.3 Å². The second-order valence-electron chi connectivity index (χ2n) is 7.25. The topological polar surface area (TPSA) is 67.8 Å². The van der Waals surface area contributed by atoms with E-state index in [0.717, 1.165) is 59.0 Å². The van der Waals surface area contributed by atoms with E-state index in [0.29, 0.717) is 6.04 Å². The molecule has 3 heterocycles. The molecule has 1 aliphatic rings. The molecule has 1 aliphatic heterocycles. The maximum absolute atomic E-state index is 5.31. The molecule has 29 heavy (non-hydrogen) atoms. The number of rotatable bonds is 5. The zero-order valence-corrected chi connectivity index (χ0v) is 16.3. The zero-order valence-electron chi connectivity index (χ0n) is 16.3. The SMILES string of the molecule is COc1ccc(-c2[nH]ncc2-c2c(-c3ccccc3)ncn2[C@H]2CCNC2)cc1. The number of ether oxygens (including phenoxy) is 1. The molecule has 0 amide bonds. The molecular formula is C23H23N5O. The van der Waals surface area contributed by atoms with Gasteiger partial charge in [-0.2, -0.15) is 5.10 Å². The number of nitrogens with one attached hydrogen (secondary N) is 2. The number of H-pyrrole nitrogens is 1. The summed E-state index contributed by atoms with van der Waals surface area (Å²) < 4.78 is 7.61. The molecule has 146 valence electrons. The third-order valence-corrected chi connectivity index (χ3v) is 5.54. The van der Waals surface area contributed by atoms with E-state index >= 15 is 0 Å². The first-order valence-corrected chi connectivity index (χ1v) is 9.86. The molecule has 4 aromatic rings. The summed E-state index contributed by atoms with van der Waals surface area (Å²) in [5.74, 6) is 0.835. The summed E-state index contributed by atoms with van der Waals surface area (Å²) in [5, 5.41) is 11.0. The van der Waals surface area contributed by atoms with Gasteiger partial charge in [0.2, 0.25) is 0 Å². The average Bonchev–Trinajstić information content (AvgIpc) is 3.54. The Morgan fingerprint density at radius 1 is 1.03 bits per heavy atom. The summed E-state index contributed by atoms with van der Waals surface area (Å²) in [6.07, 6.45) is 4.97. The molecule has 1 saturated heterocycles. The van der Waals surface area contributed by atoms with Crippen molar-refractivity contribution in [1.29, 1.82) is 0 Å². The highest BCUT2D eigenvalue weighted by Crippen LogP contribution is 2.38. The lowest BCUT2D eigenvalue weighted by atomic mass is 10.0. The van der Waals surface area contributed by atoms with Gasteiger partial charge in [0.25, 0.3) is 0 Å². The molecule has 2 aromatic heterocycles. The van der Waals surface area contributed by atoms with Crippen molar-refractivity contribution in [3.63, 3.8) is 0 Å². The fraction of sp³-hybridized carbons (Fsp3) is 0.217. The molecule has 0 spiro atoms. The van der Waals surface area contributed by atoms with E-state index in [4.69, 9.17) is 9.72 Å². The smallest absolute Gasteiger partial charge is 0.118 e. The number of benzene rings is 2. The minimum absolute atomic E-state index is 0.383. The van der Waals surface area contributed by atoms with E-state index in [1.165, 1.54) is 0 Å². The third kappa shape index (κ3) is 3.21. The molecule has 0 saturated carbocycles. The Kier molecular flexibility index (Phi) is 4.62. The van der Waals surface area contributed by atoms with Gasteiger partial charge in [0, 0.05) is 29.3 Å². The minimum atomic E-state index is 0.383. The molecule has 0 radical (unpaired) electrons. The lowest BCUT2D eigenvalue weighted by Gasteiger charge is -2.16. The van der Waals surface area contributed by atoms with Crippen LogP contribution in [0.1, 0.15) is 12.5 Å². The molecule has 0 bridgehead atoms. The van der Waals surface area contributed by atoms with E-state index < -0.39 is 0 Å². The number of methoxy groups -OCH3 is 1. The van der Waals surface area contributed by atoms with Gasteiger partial charge in [0.1, 0.15) is 5.75 Å². The average molecular weight is 385 g/mol. The van der Waals surface area contributed by atoms with Crippen molar-refractivity contribution in [2.45, 2.75) is 12.5 Å². The van der Waals surface area contributed by atoms with Crippen LogP contribution in [0.5, 0.6) is 5.75 Å². The fourth-order valence-corrected chi connectivity index (χ4v) is 4.03. The van der Waals surface area contributed by atoms with Crippen LogP contribution in [-0.4, -0.2) is 39.9 Å². The monoisotopic (exact) mass is 385 g/mol. The predicted octanol–water partition coefficient (Wildman–Crippen LogP) is 4.15. The number of nitrogens with zero attached hydrogens (tertiary/aromatic N) is 3. The highest BCUT2D eigenvalue weighted by atomic mass is 16.5. The van der Waals surface area contributed by atoms with Gasteiger partial charge in [-0.3, -0.25) is 5.10 Å². The molecule has 2 aromatic carbocycles. The Hall–Kier alpha value is -3.38. The molecule has 0 aliphatic carbocycles. The van der Waals surface area contributed by atoms with Crippen LogP contribution in [0.25, 0.3) is 33.8 Å². The standard InChI is InChI=1S/C23H23N5O/c1-29-19-9-7-17(8-10-19)21-20(14-26-27-21)23-22(16-5-3-2-4-6-16)25-15-28(23)18-11-12-24-13-18/h2-10,14-15,18,24H,11-13H2,1H3,(H,26,27)/t18-/m0/s1. The quantitative estimate of drug-likeness (QED) is 0.542. The summed E-state index contributed by atoms with van der Waals surface area (Å²) in [7, 11) is 1.68. The number of aromatic nitrogens is 4. The Morgan fingerprint density at radius 3 is 2.59 bits per heavy atom. The minimum Gasteiger partial charge on any atom is -0.497 e. The first-order chi connectivity index (χ1) is 14.3. The van der Waals surface area contributed by atoms with Gasteiger partial charge < -0.3 is 14.6 Å². The molecule has 1 atom stereocenters. The van der Waals surface area contributed by atoms with Crippen LogP contribution < -0.4 is 10.1 Å². The number of imidazole rings is 1. The molecular weight excluding hydrogens is 362 g/mol. The summed E-state index contributed by atoms with van der Waals surface area (Å²) in [6, 6.07) is 18.8. The maximum atomic E-state index is 5.31. The molecule has 0 unspecified atom stereocenters. The van der Waals surface area contributed by atoms with E-state index in [-0.39, 0.29) is 0 Å². The summed E-state index contributed by atoms with van der Waals surface area (Å²) in [5.41, 5.74) is 6.29. The molecule has 5 rings (SSSR count). The van der Waals surface area contributed by atoms with Gasteiger partial charge in [-0.15, -0.1) is 0 Å². The Bertz CT molecular complexity index is 1090. The summed E-state index contributed by atoms with van der Waals surface area (Å²) >= 11 is 0. The summed E-state index contributed by atoms with van der Waals surface area (Å²) in [6.45, 7) is 1.98. The first kappa shape index (κ1) is 17.7. The normalized spacial score (nSPS) is 16.2. The van der Waals surface area contributed by atoms with Crippen LogP contribution in [0.15, 0.2) is 67.1 Å². The third-order valence-electron chi connectivity index (χ3n) is 5.54. The summed E-state index contributed by atoms with van der Waals surface area (Å²) in [4.78, 5) is 4.82. The molecule has 2 N–H and O–H groups in total. The molecule has 6 heteroatoms. The van der Waals surface area contributed by atoms with E-state index in [2.05, 4.69) is 56.5 Å². The van der Waals surface area contributed by atoms with Crippen LogP contribution >= 0.6 is 0 Å². The Labute approximate surface area is 169 Å². The Morgan fingerprint density at radius 2 is 1.86 bits per heavy atom. The van der Waals surface area contributed by atoms with Gasteiger partial charge >= 0.3 is 0 Å². The van der Waals surface area contributed by atoms with Crippen LogP contribution in [0, 0.1) is 0 Å². The number of hydrogen-bond acceptors (Lipinski definition) is 4. The van der Waals surface area contributed by atoms with Crippen molar-refractivity contribution < 1.29 is 4.74 Å². The second-order valence-corrected chi connectivity index (χ2v) is 7.25. The van der Waals surface area contributed by atoms with Crippen molar-refractivity contribution in [2.75, 3.05) is 20.2 Å². The van der Waals surface area contributed by atoms with Gasteiger partial charge in [0.05, 0.1) is 36.7 Å². The van der Waals surface area contributed by atoms with Crippen LogP contribution in [0.4, 0.5) is 0 Å². The van der Waals surface area contributed by atoms with Crippen molar-refractivity contribution in [3.8, 4) is 39.5 Å². The van der Waals surface area contributed by atoms with E-state index in [1.807, 2.05) is 30.7 Å². The zero-order chi connectivity index (χ0) is 19.6. The maximum Gasteiger partial charge on any atom is 0.118 e. The lowest BCUT2D eigenvalue weighted by Crippen LogP contribution is -2.13. The lowest BCUT2D eigenvalue weighted by molar-refractivity contribution is 0.415. The van der Waals surface area contributed by atoms with Crippen LogP contribution in [-0.2, 0) is 0 Å². The predicted molar refractivity (Wildman–Crippen MR) is 114 cm³/mol. The van der Waals surface area contributed by atoms with Crippen molar-refractivity contribution in [3.05, 3.63) is 67.1 Å². The number of hydrogen-bond donors (Lipinski definition) is 2.